The summed E-state index contributed by atoms with van der Waals surface area (Å²) in [6.07, 6.45) is 7.49. The zero-order chi connectivity index (χ0) is 9.26. The highest BCUT2D eigenvalue weighted by atomic mass is 16.1. The zero-order valence-electron chi connectivity index (χ0n) is 7.82. The molecule has 0 saturated heterocycles. The summed E-state index contributed by atoms with van der Waals surface area (Å²) in [5, 5.41) is 0. The molecule has 2 fully saturated rings. The molecule has 2 bridgehead atoms. The number of aldehydes is 2. The van der Waals surface area contributed by atoms with E-state index in [1.54, 1.807) is 0 Å². The van der Waals surface area contributed by atoms with Crippen molar-refractivity contribution in [2.75, 3.05) is 0 Å². The van der Waals surface area contributed by atoms with Gasteiger partial charge in [0.15, 0.2) is 0 Å². The Hall–Kier alpha value is -0.660. The summed E-state index contributed by atoms with van der Waals surface area (Å²) < 4.78 is 0. The minimum atomic E-state index is 0.0211. The van der Waals surface area contributed by atoms with Gasteiger partial charge in [-0.05, 0) is 37.0 Å². The highest BCUT2D eigenvalue weighted by Crippen LogP contribution is 2.51. The van der Waals surface area contributed by atoms with Crippen LogP contribution in [0, 0.1) is 23.7 Å². The summed E-state index contributed by atoms with van der Waals surface area (Å²) in [7, 11) is 0. The van der Waals surface area contributed by atoms with E-state index in [0.717, 1.165) is 24.4 Å². The Labute approximate surface area is 78.7 Å². The minimum Gasteiger partial charge on any atom is -0.303 e. The second-order valence-corrected chi connectivity index (χ2v) is 4.54. The summed E-state index contributed by atoms with van der Waals surface area (Å²) in [6.45, 7) is 0. The molecule has 2 rings (SSSR count). The maximum absolute atomic E-state index is 10.8. The quantitative estimate of drug-likeness (QED) is 0.618. The van der Waals surface area contributed by atoms with Gasteiger partial charge in [0, 0.05) is 12.3 Å². The molecule has 2 saturated carbocycles. The molecule has 4 atom stereocenters. The second kappa shape index (κ2) is 3.60. The van der Waals surface area contributed by atoms with Gasteiger partial charge in [-0.1, -0.05) is 6.42 Å². The monoisotopic (exact) mass is 180 g/mol. The van der Waals surface area contributed by atoms with Crippen molar-refractivity contribution < 1.29 is 9.59 Å². The zero-order valence-corrected chi connectivity index (χ0v) is 7.82. The molecular weight excluding hydrogens is 164 g/mol. The van der Waals surface area contributed by atoms with Crippen molar-refractivity contribution in [3.8, 4) is 0 Å². The average molecular weight is 180 g/mol. The summed E-state index contributed by atoms with van der Waals surface area (Å²) in [4.78, 5) is 21.2. The summed E-state index contributed by atoms with van der Waals surface area (Å²) in [5.41, 5.74) is 0. The van der Waals surface area contributed by atoms with Gasteiger partial charge >= 0.3 is 0 Å². The Balaban J connectivity index is 1.99. The van der Waals surface area contributed by atoms with Crippen LogP contribution in [-0.2, 0) is 9.59 Å². The Kier molecular flexibility index (Phi) is 2.47. The van der Waals surface area contributed by atoms with Gasteiger partial charge in [0.05, 0.1) is 0 Å². The molecule has 13 heavy (non-hydrogen) atoms. The Morgan fingerprint density at radius 3 is 2.54 bits per heavy atom. The standard InChI is InChI=1S/C11H16O2/c12-4-3-10(7-13)11-6-8-1-2-9(11)5-8/h4,7-11H,1-3,5-6H2. The fraction of sp³-hybridized carbons (Fsp3) is 0.818. The van der Waals surface area contributed by atoms with Crippen LogP contribution >= 0.6 is 0 Å². The third-order valence-electron chi connectivity index (χ3n) is 3.89. The van der Waals surface area contributed by atoms with Gasteiger partial charge < -0.3 is 9.59 Å². The Morgan fingerprint density at radius 2 is 2.08 bits per heavy atom. The molecular formula is C11H16O2. The molecule has 0 heterocycles. The molecule has 2 nitrogen and oxygen atoms in total. The van der Waals surface area contributed by atoms with E-state index in [4.69, 9.17) is 0 Å². The lowest BCUT2D eigenvalue weighted by Crippen LogP contribution is -2.22. The van der Waals surface area contributed by atoms with E-state index in [0.29, 0.717) is 12.3 Å². The smallest absolute Gasteiger partial charge is 0.123 e. The Morgan fingerprint density at radius 1 is 1.23 bits per heavy atom. The highest BCUT2D eigenvalue weighted by molar-refractivity contribution is 5.62. The van der Waals surface area contributed by atoms with E-state index in [9.17, 15) is 9.59 Å². The van der Waals surface area contributed by atoms with Gasteiger partial charge in [0.1, 0.15) is 12.6 Å². The molecule has 2 aliphatic carbocycles. The maximum Gasteiger partial charge on any atom is 0.123 e. The predicted molar refractivity (Wildman–Crippen MR) is 49.2 cm³/mol. The molecule has 2 aliphatic rings. The van der Waals surface area contributed by atoms with Crippen LogP contribution in [0.5, 0.6) is 0 Å². The van der Waals surface area contributed by atoms with E-state index in [-0.39, 0.29) is 5.92 Å². The van der Waals surface area contributed by atoms with Crippen molar-refractivity contribution in [3.63, 3.8) is 0 Å². The normalized spacial score (nSPS) is 38.9. The van der Waals surface area contributed by atoms with Gasteiger partial charge in [-0.3, -0.25) is 0 Å². The van der Waals surface area contributed by atoms with Crippen molar-refractivity contribution in [1.29, 1.82) is 0 Å². The van der Waals surface area contributed by atoms with E-state index in [1.807, 2.05) is 0 Å². The van der Waals surface area contributed by atoms with Crippen LogP contribution in [0.15, 0.2) is 0 Å². The first-order valence-corrected chi connectivity index (χ1v) is 5.24. The van der Waals surface area contributed by atoms with Gasteiger partial charge in [0.25, 0.3) is 0 Å². The summed E-state index contributed by atoms with van der Waals surface area (Å²) >= 11 is 0. The van der Waals surface area contributed by atoms with Gasteiger partial charge in [0.2, 0.25) is 0 Å². The largest absolute Gasteiger partial charge is 0.303 e. The fourth-order valence-electron chi connectivity index (χ4n) is 3.26. The number of hydrogen-bond acceptors (Lipinski definition) is 2. The van der Waals surface area contributed by atoms with Crippen molar-refractivity contribution in [1.82, 2.24) is 0 Å². The predicted octanol–water partition coefficient (Wildman–Crippen LogP) is 1.83. The van der Waals surface area contributed by atoms with Crippen LogP contribution in [0.2, 0.25) is 0 Å². The first-order valence-electron chi connectivity index (χ1n) is 5.24. The van der Waals surface area contributed by atoms with Gasteiger partial charge in [-0.25, -0.2) is 0 Å². The first-order chi connectivity index (χ1) is 6.35. The van der Waals surface area contributed by atoms with Crippen molar-refractivity contribution in [2.45, 2.75) is 32.1 Å². The van der Waals surface area contributed by atoms with Crippen molar-refractivity contribution in [2.24, 2.45) is 23.7 Å². The van der Waals surface area contributed by atoms with E-state index < -0.39 is 0 Å². The molecule has 0 aromatic rings. The molecule has 0 aromatic heterocycles. The number of carbonyl (C=O) groups excluding carboxylic acids is 2. The van der Waals surface area contributed by atoms with Crippen LogP contribution < -0.4 is 0 Å². The van der Waals surface area contributed by atoms with Crippen LogP contribution in [0.4, 0.5) is 0 Å². The lowest BCUT2D eigenvalue weighted by atomic mass is 9.79. The lowest BCUT2D eigenvalue weighted by Gasteiger charge is -2.25. The average Bonchev–Trinajstić information content (AvgIpc) is 2.74. The number of carbonyl (C=O) groups is 2. The first kappa shape index (κ1) is 8.92. The lowest BCUT2D eigenvalue weighted by molar-refractivity contribution is -0.117. The molecule has 0 spiro atoms. The third-order valence-corrected chi connectivity index (χ3v) is 3.89. The summed E-state index contributed by atoms with van der Waals surface area (Å²) in [5.74, 6) is 2.17. The molecule has 0 aromatic carbocycles. The topological polar surface area (TPSA) is 34.1 Å². The van der Waals surface area contributed by atoms with Crippen LogP contribution in [0.3, 0.4) is 0 Å². The molecule has 0 radical (unpaired) electrons. The van der Waals surface area contributed by atoms with Crippen LogP contribution in [-0.4, -0.2) is 12.6 Å². The SMILES string of the molecule is O=CCC(C=O)C1CC2CCC1C2. The minimum absolute atomic E-state index is 0.0211. The number of fused-ring (bicyclic) bond motifs is 2. The maximum atomic E-state index is 10.8. The van der Waals surface area contributed by atoms with Crippen LogP contribution in [0.1, 0.15) is 32.1 Å². The molecule has 2 heteroatoms. The Bertz CT molecular complexity index is 212. The molecule has 0 amide bonds. The van der Waals surface area contributed by atoms with Crippen LogP contribution in [0.25, 0.3) is 0 Å². The number of rotatable bonds is 4. The highest BCUT2D eigenvalue weighted by Gasteiger charge is 2.42. The van der Waals surface area contributed by atoms with E-state index in [2.05, 4.69) is 0 Å². The third kappa shape index (κ3) is 1.54. The van der Waals surface area contributed by atoms with E-state index in [1.165, 1.54) is 25.7 Å². The fourth-order valence-corrected chi connectivity index (χ4v) is 3.26. The van der Waals surface area contributed by atoms with Crippen molar-refractivity contribution >= 4 is 12.6 Å². The molecule has 72 valence electrons. The molecule has 4 unspecified atom stereocenters. The van der Waals surface area contributed by atoms with Gasteiger partial charge in [-0.15, -0.1) is 0 Å². The van der Waals surface area contributed by atoms with Crippen molar-refractivity contribution in [3.05, 3.63) is 0 Å². The second-order valence-electron chi connectivity index (χ2n) is 4.54. The molecule has 0 N–H and O–H groups in total. The van der Waals surface area contributed by atoms with E-state index >= 15 is 0 Å². The number of hydrogen-bond donors (Lipinski definition) is 0. The summed E-state index contributed by atoms with van der Waals surface area (Å²) in [6, 6.07) is 0. The van der Waals surface area contributed by atoms with Gasteiger partial charge in [-0.2, -0.15) is 0 Å². The molecule has 0 aliphatic heterocycles.